The van der Waals surface area contributed by atoms with Crippen molar-refractivity contribution in [2.24, 2.45) is 5.73 Å². The Kier molecular flexibility index (Phi) is 6.15. The number of methoxy groups -OCH3 is 1. The number of hydrogen-bond acceptors (Lipinski definition) is 4. The first-order valence-electron chi connectivity index (χ1n) is 6.40. The van der Waals surface area contributed by atoms with Crippen LogP contribution in [0.1, 0.15) is 22.8 Å². The third-order valence-corrected chi connectivity index (χ3v) is 7.63. The number of benzene rings is 1. The van der Waals surface area contributed by atoms with E-state index in [0.717, 1.165) is 0 Å². The number of carbonyl (C=O) groups excluding carboxylic acids is 2. The second-order valence-electron chi connectivity index (χ2n) is 4.99. The zero-order valence-corrected chi connectivity index (χ0v) is 14.0. The molecule has 0 aromatic heterocycles. The number of hydrogen-bond donors (Lipinski definition) is 1. The molecule has 0 saturated heterocycles. The third-order valence-electron chi connectivity index (χ3n) is 3.04. The Labute approximate surface area is 130 Å². The van der Waals surface area contributed by atoms with E-state index in [1.54, 1.807) is 24.3 Å². The van der Waals surface area contributed by atoms with E-state index < -0.39 is 19.2 Å². The predicted molar refractivity (Wildman–Crippen MR) is 85.6 cm³/mol. The molecule has 0 fully saturated rings. The summed E-state index contributed by atoms with van der Waals surface area (Å²) in [5.74, 6) is 2.51. The Morgan fingerprint density at radius 2 is 2.05 bits per heavy atom. The second-order valence-corrected chi connectivity index (χ2v) is 9.88. The largest absolute Gasteiger partial charge is 0.465 e. The molecule has 4 nitrogen and oxygen atoms in total. The molecule has 0 aliphatic heterocycles. The normalized spacial score (nSPS) is 14.3. The molecule has 0 bridgehead atoms. The van der Waals surface area contributed by atoms with E-state index in [-0.39, 0.29) is 11.8 Å². The third kappa shape index (κ3) is 4.71. The maximum Gasteiger partial charge on any atom is 0.339 e. The zero-order chi connectivity index (χ0) is 16.0. The van der Waals surface area contributed by atoms with Gasteiger partial charge in [-0.15, -0.1) is 17.1 Å². The van der Waals surface area contributed by atoms with Crippen LogP contribution >= 0.6 is 11.6 Å². The monoisotopic (exact) mass is 323 g/mol. The van der Waals surface area contributed by atoms with E-state index >= 15 is 0 Å². The number of alkyl halides is 1. The maximum atomic E-state index is 11.7. The Morgan fingerprint density at radius 3 is 2.57 bits per heavy atom. The molecule has 0 amide bonds. The highest BCUT2D eigenvalue weighted by Gasteiger charge is 2.33. The minimum absolute atomic E-state index is 0.0100. The quantitative estimate of drug-likeness (QED) is 0.303. The lowest BCUT2D eigenvalue weighted by Gasteiger charge is -2.21. The summed E-state index contributed by atoms with van der Waals surface area (Å²) in [5.41, 5.74) is 9.78. The standard InChI is InChI=1S/C15H18ClNO3Si/c1-11(18)10-21(3,15(16)17)9-8-12-6-4-5-7-13(12)14(19)20-2/h4-7,15H,10,17H2,1-3H3. The van der Waals surface area contributed by atoms with Gasteiger partial charge in [0, 0.05) is 11.6 Å². The number of nitrogens with two attached hydrogens (primary N) is 1. The first kappa shape index (κ1) is 17.4. The molecule has 0 saturated carbocycles. The summed E-state index contributed by atoms with van der Waals surface area (Å²) in [5, 5.41) is -0.654. The van der Waals surface area contributed by atoms with Crippen molar-refractivity contribution < 1.29 is 14.3 Å². The first-order chi connectivity index (χ1) is 9.80. The van der Waals surface area contributed by atoms with E-state index in [0.29, 0.717) is 11.1 Å². The van der Waals surface area contributed by atoms with Crippen LogP contribution < -0.4 is 5.73 Å². The minimum atomic E-state index is -2.46. The molecule has 0 radical (unpaired) electrons. The van der Waals surface area contributed by atoms with Gasteiger partial charge in [-0.1, -0.05) is 24.6 Å². The van der Waals surface area contributed by atoms with Crippen molar-refractivity contribution >= 4 is 31.4 Å². The minimum Gasteiger partial charge on any atom is -0.465 e. The summed E-state index contributed by atoms with van der Waals surface area (Å²) in [7, 11) is -1.14. The molecule has 6 heteroatoms. The van der Waals surface area contributed by atoms with Crippen molar-refractivity contribution in [3.8, 4) is 11.5 Å². The molecule has 21 heavy (non-hydrogen) atoms. The smallest absolute Gasteiger partial charge is 0.339 e. The highest BCUT2D eigenvalue weighted by molar-refractivity contribution is 6.94. The summed E-state index contributed by atoms with van der Waals surface area (Å²) in [4.78, 5) is 23.1. The number of rotatable bonds is 4. The number of ketones is 1. The van der Waals surface area contributed by atoms with E-state index in [2.05, 4.69) is 11.5 Å². The lowest BCUT2D eigenvalue weighted by atomic mass is 10.1. The van der Waals surface area contributed by atoms with Gasteiger partial charge in [-0.05, 0) is 19.1 Å². The fraction of sp³-hybridized carbons (Fsp3) is 0.333. The SMILES string of the molecule is COC(=O)c1ccccc1C#C[Si](C)(CC(C)=O)C(N)Cl. The lowest BCUT2D eigenvalue weighted by molar-refractivity contribution is -0.115. The zero-order valence-electron chi connectivity index (χ0n) is 12.3. The van der Waals surface area contributed by atoms with Gasteiger partial charge in [-0.3, -0.25) is 0 Å². The van der Waals surface area contributed by atoms with Gasteiger partial charge >= 0.3 is 5.97 Å². The average molecular weight is 324 g/mol. The molecule has 1 rings (SSSR count). The maximum absolute atomic E-state index is 11.7. The second kappa shape index (κ2) is 7.41. The van der Waals surface area contributed by atoms with Crippen LogP contribution in [0.15, 0.2) is 24.3 Å². The summed E-state index contributed by atoms with van der Waals surface area (Å²) in [6.45, 7) is 3.36. The number of esters is 1. The molecule has 0 spiro atoms. The van der Waals surface area contributed by atoms with Crippen LogP contribution in [0.25, 0.3) is 0 Å². The number of carbonyl (C=O) groups is 2. The molecule has 1 aromatic rings. The van der Waals surface area contributed by atoms with Crippen molar-refractivity contribution in [2.45, 2.75) is 24.6 Å². The topological polar surface area (TPSA) is 69.4 Å². The van der Waals surface area contributed by atoms with Crippen molar-refractivity contribution in [2.75, 3.05) is 7.11 Å². The molecule has 0 aliphatic carbocycles. The van der Waals surface area contributed by atoms with E-state index in [1.807, 2.05) is 6.55 Å². The van der Waals surface area contributed by atoms with Gasteiger partial charge in [-0.2, -0.15) is 0 Å². The number of Topliss-reactive ketones (excluding diaryl/α,β-unsaturated/α-hetero) is 1. The summed E-state index contributed by atoms with van der Waals surface area (Å²) in [6.07, 6.45) is 0. The number of halogens is 1. The van der Waals surface area contributed by atoms with Crippen molar-refractivity contribution in [3.63, 3.8) is 0 Å². The van der Waals surface area contributed by atoms with E-state index in [1.165, 1.54) is 14.0 Å². The molecular weight excluding hydrogens is 306 g/mol. The van der Waals surface area contributed by atoms with E-state index in [4.69, 9.17) is 22.1 Å². The fourth-order valence-electron chi connectivity index (χ4n) is 1.82. The molecule has 0 heterocycles. The Bertz CT molecular complexity index is 606. The number of ether oxygens (including phenoxy) is 1. The van der Waals surface area contributed by atoms with E-state index in [9.17, 15) is 9.59 Å². The van der Waals surface area contributed by atoms with Gasteiger partial charge in [0.15, 0.2) is 8.07 Å². The fourth-order valence-corrected chi connectivity index (χ4v) is 4.09. The van der Waals surface area contributed by atoms with Gasteiger partial charge in [0.05, 0.1) is 17.8 Å². The molecule has 2 N–H and O–H groups in total. The first-order valence-corrected chi connectivity index (χ1v) is 9.62. The Balaban J connectivity index is 3.21. The Morgan fingerprint density at radius 1 is 1.43 bits per heavy atom. The van der Waals surface area contributed by atoms with Crippen LogP contribution in [0.5, 0.6) is 0 Å². The molecule has 1 aromatic carbocycles. The highest BCUT2D eigenvalue weighted by Crippen LogP contribution is 2.17. The Hall–Kier alpha value is -1.61. The summed E-state index contributed by atoms with van der Waals surface area (Å²) in [6, 6.07) is 7.16. The molecular formula is C15H18ClNO3Si. The van der Waals surface area contributed by atoms with Gasteiger partial charge in [0.25, 0.3) is 0 Å². The van der Waals surface area contributed by atoms with Crippen LogP contribution in [0.4, 0.5) is 0 Å². The van der Waals surface area contributed by atoms with Crippen molar-refractivity contribution in [1.29, 1.82) is 0 Å². The molecule has 2 atom stereocenters. The summed E-state index contributed by atoms with van der Waals surface area (Å²) < 4.78 is 4.72. The van der Waals surface area contributed by atoms with Crippen LogP contribution in [0.2, 0.25) is 12.6 Å². The average Bonchev–Trinajstić information content (AvgIpc) is 2.43. The van der Waals surface area contributed by atoms with Crippen molar-refractivity contribution in [1.82, 2.24) is 0 Å². The predicted octanol–water partition coefficient (Wildman–Crippen LogP) is 2.09. The summed E-state index contributed by atoms with van der Waals surface area (Å²) >= 11 is 6.02. The molecule has 2 unspecified atom stereocenters. The molecule has 112 valence electrons. The van der Waals surface area contributed by atoms with Gasteiger partial charge in [-0.25, -0.2) is 4.79 Å². The highest BCUT2D eigenvalue weighted by atomic mass is 35.5. The van der Waals surface area contributed by atoms with Crippen molar-refractivity contribution in [3.05, 3.63) is 35.4 Å². The van der Waals surface area contributed by atoms with Crippen LogP contribution in [-0.2, 0) is 9.53 Å². The van der Waals surface area contributed by atoms with Crippen LogP contribution in [0.3, 0.4) is 0 Å². The lowest BCUT2D eigenvalue weighted by Crippen LogP contribution is -2.47. The van der Waals surface area contributed by atoms with Gasteiger partial charge < -0.3 is 15.3 Å². The van der Waals surface area contributed by atoms with Crippen LogP contribution in [0, 0.1) is 11.5 Å². The van der Waals surface area contributed by atoms with Gasteiger partial charge in [0.1, 0.15) is 5.78 Å². The van der Waals surface area contributed by atoms with Crippen LogP contribution in [-0.4, -0.2) is 32.1 Å². The molecule has 0 aliphatic rings. The van der Waals surface area contributed by atoms with Gasteiger partial charge in [0.2, 0.25) is 0 Å².